The van der Waals surface area contributed by atoms with E-state index in [4.69, 9.17) is 4.74 Å². The Hall–Kier alpha value is -1.02. The number of rotatable bonds is 7. The van der Waals surface area contributed by atoms with Gasteiger partial charge in [0.1, 0.15) is 5.75 Å². The molecule has 0 heterocycles. The molecular weight excluding hydrogens is 210 g/mol. The maximum atomic E-state index is 5.39. The van der Waals surface area contributed by atoms with Crippen LogP contribution in [-0.2, 0) is 0 Å². The lowest BCUT2D eigenvalue weighted by atomic mass is 9.99. The predicted molar refractivity (Wildman–Crippen MR) is 73.7 cm³/mol. The topological polar surface area (TPSA) is 21.3 Å². The van der Waals surface area contributed by atoms with Crippen molar-refractivity contribution in [2.45, 2.75) is 46.1 Å². The molecule has 0 aliphatic carbocycles. The maximum Gasteiger partial charge on any atom is 0.122 e. The molecule has 0 aliphatic rings. The third-order valence-corrected chi connectivity index (χ3v) is 3.13. The molecule has 1 aromatic carbocycles. The molecule has 17 heavy (non-hydrogen) atoms. The van der Waals surface area contributed by atoms with Crippen molar-refractivity contribution in [1.82, 2.24) is 5.32 Å². The summed E-state index contributed by atoms with van der Waals surface area (Å²) in [6.07, 6.45) is 3.69. The molecular formula is C15H25NO. The second kappa shape index (κ2) is 7.33. The summed E-state index contributed by atoms with van der Waals surface area (Å²) >= 11 is 0. The Kier molecular flexibility index (Phi) is 6.06. The molecule has 0 saturated heterocycles. The van der Waals surface area contributed by atoms with Crippen LogP contribution in [0.2, 0.25) is 0 Å². The van der Waals surface area contributed by atoms with Gasteiger partial charge >= 0.3 is 0 Å². The predicted octanol–water partition coefficient (Wildman–Crippen LogP) is 3.84. The van der Waals surface area contributed by atoms with Crippen LogP contribution in [0.3, 0.4) is 0 Å². The van der Waals surface area contributed by atoms with Crippen LogP contribution in [-0.4, -0.2) is 13.7 Å². The molecule has 0 saturated carbocycles. The van der Waals surface area contributed by atoms with Crippen LogP contribution in [0.15, 0.2) is 18.2 Å². The zero-order valence-electron chi connectivity index (χ0n) is 11.5. The van der Waals surface area contributed by atoms with Gasteiger partial charge in [0.2, 0.25) is 0 Å². The van der Waals surface area contributed by atoms with Gasteiger partial charge in [-0.05, 0) is 37.1 Å². The van der Waals surface area contributed by atoms with E-state index in [1.165, 1.54) is 30.4 Å². The van der Waals surface area contributed by atoms with Crippen LogP contribution in [0.1, 0.15) is 50.3 Å². The van der Waals surface area contributed by atoms with Gasteiger partial charge < -0.3 is 10.1 Å². The molecule has 1 rings (SSSR count). The van der Waals surface area contributed by atoms with Crippen LogP contribution >= 0.6 is 0 Å². The van der Waals surface area contributed by atoms with Crippen molar-refractivity contribution < 1.29 is 4.74 Å². The minimum absolute atomic E-state index is 0.453. The van der Waals surface area contributed by atoms with Gasteiger partial charge in [0, 0.05) is 6.04 Å². The number of nitrogens with one attached hydrogen (secondary N) is 1. The Morgan fingerprint density at radius 1 is 1.29 bits per heavy atom. The lowest BCUT2D eigenvalue weighted by molar-refractivity contribution is 0.409. The van der Waals surface area contributed by atoms with Crippen molar-refractivity contribution in [3.8, 4) is 5.75 Å². The summed E-state index contributed by atoms with van der Waals surface area (Å²) in [5, 5.41) is 3.55. The van der Waals surface area contributed by atoms with Crippen molar-refractivity contribution in [2.75, 3.05) is 13.7 Å². The van der Waals surface area contributed by atoms with Crippen LogP contribution < -0.4 is 10.1 Å². The highest BCUT2D eigenvalue weighted by Gasteiger charge is 2.11. The first-order chi connectivity index (χ1) is 8.22. The minimum Gasteiger partial charge on any atom is -0.496 e. The lowest BCUT2D eigenvalue weighted by Crippen LogP contribution is -2.20. The molecule has 0 fully saturated rings. The SMILES string of the molecule is CCCCC(NCC)c1ccc(C)c(OC)c1. The fourth-order valence-electron chi connectivity index (χ4n) is 2.09. The van der Waals surface area contributed by atoms with Gasteiger partial charge in [0.05, 0.1) is 7.11 Å². The Bertz CT molecular complexity index is 336. The Labute approximate surface area is 105 Å². The fourth-order valence-corrected chi connectivity index (χ4v) is 2.09. The normalized spacial score (nSPS) is 12.5. The van der Waals surface area contributed by atoms with E-state index < -0.39 is 0 Å². The Morgan fingerprint density at radius 2 is 2.06 bits per heavy atom. The molecule has 96 valence electrons. The molecule has 0 radical (unpaired) electrons. The molecule has 1 atom stereocenters. The van der Waals surface area contributed by atoms with E-state index in [0.29, 0.717) is 6.04 Å². The molecule has 1 aromatic rings. The van der Waals surface area contributed by atoms with Crippen molar-refractivity contribution in [3.05, 3.63) is 29.3 Å². The van der Waals surface area contributed by atoms with E-state index in [-0.39, 0.29) is 0 Å². The number of methoxy groups -OCH3 is 1. The van der Waals surface area contributed by atoms with Gasteiger partial charge in [0.25, 0.3) is 0 Å². The number of ether oxygens (including phenoxy) is 1. The summed E-state index contributed by atoms with van der Waals surface area (Å²) in [5.74, 6) is 0.988. The Balaban J connectivity index is 2.85. The molecule has 0 amide bonds. The van der Waals surface area contributed by atoms with Gasteiger partial charge in [-0.1, -0.05) is 38.8 Å². The van der Waals surface area contributed by atoms with E-state index in [2.05, 4.69) is 44.3 Å². The number of benzene rings is 1. The molecule has 1 N–H and O–H groups in total. The summed E-state index contributed by atoms with van der Waals surface area (Å²) in [6, 6.07) is 6.97. The van der Waals surface area contributed by atoms with E-state index in [1.807, 2.05) is 0 Å². The zero-order valence-corrected chi connectivity index (χ0v) is 11.5. The van der Waals surface area contributed by atoms with Crippen LogP contribution in [0.5, 0.6) is 5.75 Å². The smallest absolute Gasteiger partial charge is 0.122 e. The number of hydrogen-bond donors (Lipinski definition) is 1. The minimum atomic E-state index is 0.453. The van der Waals surface area contributed by atoms with E-state index >= 15 is 0 Å². The zero-order chi connectivity index (χ0) is 12.7. The summed E-state index contributed by atoms with van der Waals surface area (Å²) in [5.41, 5.74) is 2.53. The largest absolute Gasteiger partial charge is 0.496 e. The molecule has 0 aliphatic heterocycles. The first kappa shape index (κ1) is 14.0. The van der Waals surface area contributed by atoms with Gasteiger partial charge in [-0.3, -0.25) is 0 Å². The van der Waals surface area contributed by atoms with Crippen LogP contribution in [0.25, 0.3) is 0 Å². The van der Waals surface area contributed by atoms with Crippen molar-refractivity contribution >= 4 is 0 Å². The number of unbranched alkanes of at least 4 members (excludes halogenated alkanes) is 1. The van der Waals surface area contributed by atoms with Gasteiger partial charge in [-0.2, -0.15) is 0 Å². The highest BCUT2D eigenvalue weighted by Crippen LogP contribution is 2.26. The molecule has 1 unspecified atom stereocenters. The third-order valence-electron chi connectivity index (χ3n) is 3.13. The fraction of sp³-hybridized carbons (Fsp3) is 0.600. The number of hydrogen-bond acceptors (Lipinski definition) is 2. The van der Waals surface area contributed by atoms with Gasteiger partial charge in [-0.15, -0.1) is 0 Å². The highest BCUT2D eigenvalue weighted by molar-refractivity contribution is 5.37. The average molecular weight is 235 g/mol. The van der Waals surface area contributed by atoms with Gasteiger partial charge in [0.15, 0.2) is 0 Å². The van der Waals surface area contributed by atoms with E-state index in [1.54, 1.807) is 7.11 Å². The highest BCUT2D eigenvalue weighted by atomic mass is 16.5. The van der Waals surface area contributed by atoms with Gasteiger partial charge in [-0.25, -0.2) is 0 Å². The average Bonchev–Trinajstić information content (AvgIpc) is 2.35. The Morgan fingerprint density at radius 3 is 2.65 bits per heavy atom. The standard InChI is InChI=1S/C15H25NO/c1-5-7-8-14(16-6-2)13-10-9-12(3)15(11-13)17-4/h9-11,14,16H,5-8H2,1-4H3. The first-order valence-corrected chi connectivity index (χ1v) is 6.60. The summed E-state index contributed by atoms with van der Waals surface area (Å²) < 4.78 is 5.39. The van der Waals surface area contributed by atoms with Crippen molar-refractivity contribution in [2.24, 2.45) is 0 Å². The second-order valence-corrected chi connectivity index (χ2v) is 4.48. The monoisotopic (exact) mass is 235 g/mol. The van der Waals surface area contributed by atoms with Crippen molar-refractivity contribution in [3.63, 3.8) is 0 Å². The number of aryl methyl sites for hydroxylation is 1. The molecule has 0 bridgehead atoms. The van der Waals surface area contributed by atoms with E-state index in [9.17, 15) is 0 Å². The van der Waals surface area contributed by atoms with Crippen molar-refractivity contribution in [1.29, 1.82) is 0 Å². The molecule has 2 nitrogen and oxygen atoms in total. The summed E-state index contributed by atoms with van der Waals surface area (Å²) in [7, 11) is 1.74. The molecule has 2 heteroatoms. The summed E-state index contributed by atoms with van der Waals surface area (Å²) in [4.78, 5) is 0. The summed E-state index contributed by atoms with van der Waals surface area (Å²) in [6.45, 7) is 7.48. The van der Waals surface area contributed by atoms with Crippen LogP contribution in [0.4, 0.5) is 0 Å². The molecule has 0 spiro atoms. The van der Waals surface area contributed by atoms with E-state index in [0.717, 1.165) is 12.3 Å². The quantitative estimate of drug-likeness (QED) is 0.775. The van der Waals surface area contributed by atoms with Crippen LogP contribution in [0, 0.1) is 6.92 Å². The third kappa shape index (κ3) is 4.04. The first-order valence-electron chi connectivity index (χ1n) is 6.60. The maximum absolute atomic E-state index is 5.39. The second-order valence-electron chi connectivity index (χ2n) is 4.48. The lowest BCUT2D eigenvalue weighted by Gasteiger charge is -2.19. The molecule has 0 aromatic heterocycles.